The van der Waals surface area contributed by atoms with Gasteiger partial charge in [0.2, 0.25) is 0 Å². The summed E-state index contributed by atoms with van der Waals surface area (Å²) in [6, 6.07) is 3.69. The summed E-state index contributed by atoms with van der Waals surface area (Å²) in [6.07, 6.45) is 3.63. The Morgan fingerprint density at radius 3 is 3.08 bits per heavy atom. The molecule has 64 valence electrons. The highest BCUT2D eigenvalue weighted by molar-refractivity contribution is 5.47. The molecule has 0 aliphatic carbocycles. The highest BCUT2D eigenvalue weighted by atomic mass is 16.3. The molecule has 1 unspecified atom stereocenters. The normalized spacial score (nSPS) is 12.5. The lowest BCUT2D eigenvalue weighted by molar-refractivity contribution is 0.173. The predicted octanol–water partition coefficient (Wildman–Crippen LogP) is 2.17. The Morgan fingerprint density at radius 2 is 2.50 bits per heavy atom. The van der Waals surface area contributed by atoms with Gasteiger partial charge in [0.1, 0.15) is 0 Å². The SMILES string of the molecule is C=Cc1ncccc1C(O)CC. The molecular weight excluding hydrogens is 150 g/mol. The lowest BCUT2D eigenvalue weighted by atomic mass is 10.1. The van der Waals surface area contributed by atoms with Crippen molar-refractivity contribution >= 4 is 6.08 Å². The molecular formula is C10H13NO. The van der Waals surface area contributed by atoms with Crippen LogP contribution in [-0.2, 0) is 0 Å². The summed E-state index contributed by atoms with van der Waals surface area (Å²) in [6.45, 7) is 5.57. The quantitative estimate of drug-likeness (QED) is 0.740. The van der Waals surface area contributed by atoms with Gasteiger partial charge in [-0.15, -0.1) is 0 Å². The Bertz CT molecular complexity index is 270. The third-order valence-corrected chi connectivity index (χ3v) is 1.81. The molecule has 0 saturated carbocycles. The molecule has 0 bridgehead atoms. The van der Waals surface area contributed by atoms with Crippen LogP contribution in [0.3, 0.4) is 0 Å². The smallest absolute Gasteiger partial charge is 0.0808 e. The number of aliphatic hydroxyl groups is 1. The highest BCUT2D eigenvalue weighted by Gasteiger charge is 2.07. The first-order valence-corrected chi connectivity index (χ1v) is 4.05. The number of rotatable bonds is 3. The van der Waals surface area contributed by atoms with Gasteiger partial charge in [0, 0.05) is 11.8 Å². The molecule has 1 rings (SSSR count). The van der Waals surface area contributed by atoms with E-state index in [0.717, 1.165) is 11.3 Å². The summed E-state index contributed by atoms with van der Waals surface area (Å²) in [4.78, 5) is 4.09. The monoisotopic (exact) mass is 163 g/mol. The van der Waals surface area contributed by atoms with E-state index in [0.29, 0.717) is 6.42 Å². The summed E-state index contributed by atoms with van der Waals surface area (Å²) >= 11 is 0. The zero-order chi connectivity index (χ0) is 8.97. The Kier molecular flexibility index (Phi) is 3.00. The van der Waals surface area contributed by atoms with Gasteiger partial charge in [-0.1, -0.05) is 19.6 Å². The second-order valence-electron chi connectivity index (χ2n) is 2.61. The van der Waals surface area contributed by atoms with E-state index in [4.69, 9.17) is 0 Å². The van der Waals surface area contributed by atoms with Crippen LogP contribution < -0.4 is 0 Å². The molecule has 1 heterocycles. The molecule has 2 heteroatoms. The number of hydrogen-bond donors (Lipinski definition) is 1. The van der Waals surface area contributed by atoms with Gasteiger partial charge >= 0.3 is 0 Å². The maximum Gasteiger partial charge on any atom is 0.0808 e. The fourth-order valence-electron chi connectivity index (χ4n) is 1.10. The Labute approximate surface area is 72.6 Å². The minimum atomic E-state index is -0.424. The first-order chi connectivity index (χ1) is 5.79. The summed E-state index contributed by atoms with van der Waals surface area (Å²) in [5.41, 5.74) is 1.63. The van der Waals surface area contributed by atoms with Crippen molar-refractivity contribution < 1.29 is 5.11 Å². The number of nitrogens with zero attached hydrogens (tertiary/aromatic N) is 1. The van der Waals surface area contributed by atoms with Crippen molar-refractivity contribution in [3.8, 4) is 0 Å². The molecule has 0 spiro atoms. The van der Waals surface area contributed by atoms with E-state index in [9.17, 15) is 5.11 Å². The van der Waals surface area contributed by atoms with Gasteiger partial charge in [0.15, 0.2) is 0 Å². The van der Waals surface area contributed by atoms with E-state index in [2.05, 4.69) is 11.6 Å². The summed E-state index contributed by atoms with van der Waals surface area (Å²) in [5, 5.41) is 9.55. The third kappa shape index (κ3) is 1.71. The van der Waals surface area contributed by atoms with Crippen molar-refractivity contribution in [2.45, 2.75) is 19.4 Å². The van der Waals surface area contributed by atoms with E-state index >= 15 is 0 Å². The van der Waals surface area contributed by atoms with Crippen molar-refractivity contribution in [1.29, 1.82) is 0 Å². The van der Waals surface area contributed by atoms with Crippen LogP contribution in [0.2, 0.25) is 0 Å². The summed E-state index contributed by atoms with van der Waals surface area (Å²) < 4.78 is 0. The van der Waals surface area contributed by atoms with Crippen molar-refractivity contribution in [3.05, 3.63) is 36.2 Å². The van der Waals surface area contributed by atoms with Crippen LogP contribution in [0.4, 0.5) is 0 Å². The van der Waals surface area contributed by atoms with Gasteiger partial charge in [-0.3, -0.25) is 4.98 Å². The molecule has 1 atom stereocenters. The van der Waals surface area contributed by atoms with E-state index in [1.807, 2.05) is 19.1 Å². The Hall–Kier alpha value is -1.15. The summed E-state index contributed by atoms with van der Waals surface area (Å²) in [7, 11) is 0. The van der Waals surface area contributed by atoms with Gasteiger partial charge in [0.25, 0.3) is 0 Å². The molecule has 1 N–H and O–H groups in total. The van der Waals surface area contributed by atoms with E-state index in [1.54, 1.807) is 12.3 Å². The standard InChI is InChI=1S/C10H13NO/c1-3-9-8(10(12)4-2)6-5-7-11-9/h3,5-7,10,12H,1,4H2,2H3. The molecule has 1 aromatic heterocycles. The first kappa shape index (κ1) is 8.94. The van der Waals surface area contributed by atoms with Crippen LogP contribution in [0, 0.1) is 0 Å². The predicted molar refractivity (Wildman–Crippen MR) is 49.6 cm³/mol. The van der Waals surface area contributed by atoms with Crippen LogP contribution in [0.1, 0.15) is 30.7 Å². The molecule has 12 heavy (non-hydrogen) atoms. The maximum atomic E-state index is 9.55. The number of hydrogen-bond acceptors (Lipinski definition) is 2. The number of aliphatic hydroxyl groups excluding tert-OH is 1. The van der Waals surface area contributed by atoms with Crippen molar-refractivity contribution in [2.75, 3.05) is 0 Å². The fourth-order valence-corrected chi connectivity index (χ4v) is 1.10. The van der Waals surface area contributed by atoms with E-state index < -0.39 is 6.10 Å². The lowest BCUT2D eigenvalue weighted by Crippen LogP contribution is -1.99. The van der Waals surface area contributed by atoms with Gasteiger partial charge in [-0.05, 0) is 18.6 Å². The molecule has 0 aliphatic heterocycles. The lowest BCUT2D eigenvalue weighted by Gasteiger charge is -2.09. The minimum absolute atomic E-state index is 0.424. The molecule has 2 nitrogen and oxygen atoms in total. The van der Waals surface area contributed by atoms with Crippen LogP contribution in [0.5, 0.6) is 0 Å². The van der Waals surface area contributed by atoms with E-state index in [1.165, 1.54) is 0 Å². The molecule has 0 radical (unpaired) electrons. The molecule has 0 fully saturated rings. The minimum Gasteiger partial charge on any atom is -0.388 e. The molecule has 0 aromatic carbocycles. The first-order valence-electron chi connectivity index (χ1n) is 4.05. The van der Waals surface area contributed by atoms with Gasteiger partial charge < -0.3 is 5.11 Å². The molecule has 1 aromatic rings. The Morgan fingerprint density at radius 1 is 1.75 bits per heavy atom. The van der Waals surface area contributed by atoms with Gasteiger partial charge in [-0.2, -0.15) is 0 Å². The number of pyridine rings is 1. The van der Waals surface area contributed by atoms with E-state index in [-0.39, 0.29) is 0 Å². The third-order valence-electron chi connectivity index (χ3n) is 1.81. The average Bonchev–Trinajstić information content (AvgIpc) is 2.16. The van der Waals surface area contributed by atoms with Crippen LogP contribution in [0.15, 0.2) is 24.9 Å². The van der Waals surface area contributed by atoms with Crippen LogP contribution in [0.25, 0.3) is 6.08 Å². The zero-order valence-electron chi connectivity index (χ0n) is 7.20. The second-order valence-corrected chi connectivity index (χ2v) is 2.61. The Balaban J connectivity index is 3.04. The van der Waals surface area contributed by atoms with Crippen molar-refractivity contribution in [3.63, 3.8) is 0 Å². The fraction of sp³-hybridized carbons (Fsp3) is 0.300. The zero-order valence-corrected chi connectivity index (χ0v) is 7.20. The van der Waals surface area contributed by atoms with Gasteiger partial charge in [0.05, 0.1) is 11.8 Å². The molecule has 0 amide bonds. The largest absolute Gasteiger partial charge is 0.388 e. The van der Waals surface area contributed by atoms with Crippen molar-refractivity contribution in [2.24, 2.45) is 0 Å². The highest BCUT2D eigenvalue weighted by Crippen LogP contribution is 2.19. The average molecular weight is 163 g/mol. The number of aromatic nitrogens is 1. The molecule has 0 saturated heterocycles. The topological polar surface area (TPSA) is 33.1 Å². The van der Waals surface area contributed by atoms with Crippen LogP contribution >= 0.6 is 0 Å². The van der Waals surface area contributed by atoms with Crippen LogP contribution in [-0.4, -0.2) is 10.1 Å². The second kappa shape index (κ2) is 4.02. The summed E-state index contributed by atoms with van der Waals surface area (Å²) in [5.74, 6) is 0. The maximum absolute atomic E-state index is 9.55. The molecule has 0 aliphatic rings. The van der Waals surface area contributed by atoms with Gasteiger partial charge in [-0.25, -0.2) is 0 Å². The van der Waals surface area contributed by atoms with Crippen molar-refractivity contribution in [1.82, 2.24) is 4.98 Å².